The summed E-state index contributed by atoms with van der Waals surface area (Å²) >= 11 is 0. The van der Waals surface area contributed by atoms with Gasteiger partial charge in [-0.2, -0.15) is 5.48 Å². The van der Waals surface area contributed by atoms with Gasteiger partial charge in [0.1, 0.15) is 0 Å². The van der Waals surface area contributed by atoms with E-state index in [2.05, 4.69) is 29.1 Å². The fourth-order valence-corrected chi connectivity index (χ4v) is 1.00. The van der Waals surface area contributed by atoms with Gasteiger partial charge in [0, 0.05) is 0 Å². The first-order valence-electron chi connectivity index (χ1n) is 4.81. The van der Waals surface area contributed by atoms with E-state index in [1.54, 1.807) is 19.3 Å². The van der Waals surface area contributed by atoms with Gasteiger partial charge in [0.15, 0.2) is 0 Å². The number of amides is 1. The zero-order valence-corrected chi connectivity index (χ0v) is 8.86. The van der Waals surface area contributed by atoms with E-state index in [0.717, 1.165) is 0 Å². The summed E-state index contributed by atoms with van der Waals surface area (Å²) in [6.07, 6.45) is -0.0303. The highest BCUT2D eigenvalue weighted by Gasteiger charge is 2.12. The molecule has 2 N–H and O–H groups in total. The van der Waals surface area contributed by atoms with Gasteiger partial charge in [-0.15, -0.1) is 0 Å². The van der Waals surface area contributed by atoms with Crippen LogP contribution >= 0.6 is 0 Å². The van der Waals surface area contributed by atoms with E-state index in [9.17, 15) is 4.79 Å². The SMILES string of the molecule is CC(C)ONC(=O)O.c1ccc2c(c1)C2. The molecule has 1 amide bonds. The smallest absolute Gasteiger partial charge is 0.428 e. The van der Waals surface area contributed by atoms with Crippen molar-refractivity contribution in [2.45, 2.75) is 26.4 Å². The molecule has 15 heavy (non-hydrogen) atoms. The van der Waals surface area contributed by atoms with Crippen LogP contribution < -0.4 is 5.48 Å². The van der Waals surface area contributed by atoms with Gasteiger partial charge in [-0.25, -0.2) is 4.79 Å². The second-order valence-corrected chi connectivity index (χ2v) is 3.52. The molecule has 82 valence electrons. The van der Waals surface area contributed by atoms with Gasteiger partial charge in [0.2, 0.25) is 0 Å². The molecule has 0 atom stereocenters. The third-order valence-electron chi connectivity index (χ3n) is 1.76. The lowest BCUT2D eigenvalue weighted by Crippen LogP contribution is -2.24. The highest BCUT2D eigenvalue weighted by Crippen LogP contribution is 2.25. The Morgan fingerprint density at radius 3 is 2.20 bits per heavy atom. The van der Waals surface area contributed by atoms with Gasteiger partial charge in [0.25, 0.3) is 0 Å². The minimum absolute atomic E-state index is 0.105. The van der Waals surface area contributed by atoms with E-state index in [4.69, 9.17) is 5.11 Å². The Morgan fingerprint density at radius 1 is 1.40 bits per heavy atom. The van der Waals surface area contributed by atoms with Crippen molar-refractivity contribution in [3.8, 4) is 0 Å². The Kier molecular flexibility index (Phi) is 4.12. The number of nitrogens with one attached hydrogen (secondary N) is 1. The molecule has 1 aliphatic rings. The summed E-state index contributed by atoms with van der Waals surface area (Å²) in [4.78, 5) is 14.1. The number of fused-ring (bicyclic) bond motifs is 1. The molecule has 0 aliphatic heterocycles. The van der Waals surface area contributed by atoms with Crippen molar-refractivity contribution in [3.05, 3.63) is 35.4 Å². The third kappa shape index (κ3) is 5.02. The van der Waals surface area contributed by atoms with Crippen LogP contribution in [0, 0.1) is 0 Å². The summed E-state index contributed by atoms with van der Waals surface area (Å²) < 4.78 is 0. The molecule has 0 aromatic heterocycles. The van der Waals surface area contributed by atoms with Crippen LogP contribution in [0.3, 0.4) is 0 Å². The largest absolute Gasteiger partial charge is 0.464 e. The number of carboxylic acid groups (broad SMARTS) is 1. The number of carbonyl (C=O) groups is 1. The fourth-order valence-electron chi connectivity index (χ4n) is 1.00. The lowest BCUT2D eigenvalue weighted by Gasteiger charge is -2.03. The van der Waals surface area contributed by atoms with Crippen molar-refractivity contribution >= 4 is 6.09 Å². The van der Waals surface area contributed by atoms with Crippen molar-refractivity contribution in [1.82, 2.24) is 5.48 Å². The molecule has 0 spiro atoms. The highest BCUT2D eigenvalue weighted by molar-refractivity contribution is 5.62. The standard InChI is InChI=1S/C7H6.C4H9NO3/c1-2-4-7-5-6(7)3-1;1-3(2)8-5-4(6)7/h1-4H,5H2;3,5H,1-2H3,(H,6,7). The minimum atomic E-state index is -1.17. The molecule has 2 rings (SSSR count). The lowest BCUT2D eigenvalue weighted by atomic mass is 10.4. The molecule has 1 aliphatic carbocycles. The van der Waals surface area contributed by atoms with Crippen molar-refractivity contribution in [2.75, 3.05) is 0 Å². The molecule has 0 saturated carbocycles. The first-order chi connectivity index (χ1) is 7.09. The number of rotatable bonds is 2. The molecular weight excluding hydrogens is 194 g/mol. The minimum Gasteiger partial charge on any atom is -0.464 e. The second-order valence-electron chi connectivity index (χ2n) is 3.52. The summed E-state index contributed by atoms with van der Waals surface area (Å²) in [7, 11) is 0. The average molecular weight is 209 g/mol. The van der Waals surface area contributed by atoms with E-state index in [-0.39, 0.29) is 6.10 Å². The Hall–Kier alpha value is -1.55. The summed E-state index contributed by atoms with van der Waals surface area (Å²) in [6, 6.07) is 8.53. The van der Waals surface area contributed by atoms with Crippen molar-refractivity contribution < 1.29 is 14.7 Å². The highest BCUT2D eigenvalue weighted by atomic mass is 16.7. The van der Waals surface area contributed by atoms with Gasteiger partial charge < -0.3 is 5.11 Å². The van der Waals surface area contributed by atoms with E-state index in [1.807, 2.05) is 0 Å². The molecule has 1 aromatic rings. The predicted molar refractivity (Wildman–Crippen MR) is 56.6 cm³/mol. The number of benzene rings is 1. The van der Waals surface area contributed by atoms with Crippen LogP contribution in [-0.4, -0.2) is 17.3 Å². The van der Waals surface area contributed by atoms with Crippen molar-refractivity contribution in [1.29, 1.82) is 0 Å². The topological polar surface area (TPSA) is 58.6 Å². The number of hydroxylamine groups is 1. The third-order valence-corrected chi connectivity index (χ3v) is 1.76. The van der Waals surface area contributed by atoms with E-state index in [1.165, 1.54) is 17.5 Å². The predicted octanol–water partition coefficient (Wildman–Crippen LogP) is 2.18. The molecule has 0 bridgehead atoms. The fraction of sp³-hybridized carbons (Fsp3) is 0.364. The quantitative estimate of drug-likeness (QED) is 0.745. The molecular formula is C11H15NO3. The van der Waals surface area contributed by atoms with Gasteiger partial charge in [-0.1, -0.05) is 24.3 Å². The van der Waals surface area contributed by atoms with Gasteiger partial charge in [0.05, 0.1) is 6.10 Å². The van der Waals surface area contributed by atoms with Crippen LogP contribution in [0.25, 0.3) is 0 Å². The van der Waals surface area contributed by atoms with Crippen LogP contribution in [-0.2, 0) is 11.3 Å². The molecule has 0 heterocycles. The van der Waals surface area contributed by atoms with Crippen LogP contribution in [0.1, 0.15) is 25.0 Å². The van der Waals surface area contributed by atoms with Gasteiger partial charge in [-0.3, -0.25) is 4.84 Å². The van der Waals surface area contributed by atoms with E-state index < -0.39 is 6.09 Å². The molecule has 4 nitrogen and oxygen atoms in total. The molecule has 0 radical (unpaired) electrons. The summed E-state index contributed by atoms with van der Waals surface area (Å²) in [5, 5.41) is 7.93. The Bertz CT molecular complexity index is 315. The average Bonchev–Trinajstić information content (AvgIpc) is 2.94. The zero-order chi connectivity index (χ0) is 11.3. The maximum absolute atomic E-state index is 9.67. The normalized spacial score (nSPS) is 11.1. The molecule has 0 fully saturated rings. The van der Waals surface area contributed by atoms with E-state index in [0.29, 0.717) is 0 Å². The zero-order valence-electron chi connectivity index (χ0n) is 8.86. The maximum atomic E-state index is 9.67. The van der Waals surface area contributed by atoms with Crippen LogP contribution in [0.5, 0.6) is 0 Å². The first kappa shape index (κ1) is 11.5. The molecule has 4 heteroatoms. The van der Waals surface area contributed by atoms with Crippen molar-refractivity contribution in [2.24, 2.45) is 0 Å². The van der Waals surface area contributed by atoms with Crippen LogP contribution in [0.4, 0.5) is 4.79 Å². The molecule has 0 saturated heterocycles. The lowest BCUT2D eigenvalue weighted by molar-refractivity contribution is 0.00253. The molecule has 1 aromatic carbocycles. The Balaban J connectivity index is 0.000000150. The van der Waals surface area contributed by atoms with Crippen LogP contribution in [0.2, 0.25) is 0 Å². The molecule has 0 unspecified atom stereocenters. The summed E-state index contributed by atoms with van der Waals surface area (Å²) in [5.41, 5.74) is 4.82. The summed E-state index contributed by atoms with van der Waals surface area (Å²) in [5.74, 6) is 0. The van der Waals surface area contributed by atoms with Crippen LogP contribution in [0.15, 0.2) is 24.3 Å². The Labute approximate surface area is 88.8 Å². The Morgan fingerprint density at radius 2 is 1.93 bits per heavy atom. The van der Waals surface area contributed by atoms with Crippen molar-refractivity contribution in [3.63, 3.8) is 0 Å². The maximum Gasteiger partial charge on any atom is 0.428 e. The van der Waals surface area contributed by atoms with Gasteiger partial charge in [-0.05, 0) is 31.4 Å². The summed E-state index contributed by atoms with van der Waals surface area (Å²) in [6.45, 7) is 3.46. The number of hydrogen-bond acceptors (Lipinski definition) is 2. The van der Waals surface area contributed by atoms with E-state index >= 15 is 0 Å². The van der Waals surface area contributed by atoms with Gasteiger partial charge >= 0.3 is 6.09 Å². The number of hydrogen-bond donors (Lipinski definition) is 2. The first-order valence-corrected chi connectivity index (χ1v) is 4.81. The monoisotopic (exact) mass is 209 g/mol. The second kappa shape index (κ2) is 5.36.